The van der Waals surface area contributed by atoms with Crippen molar-refractivity contribution in [2.75, 3.05) is 17.3 Å². The van der Waals surface area contributed by atoms with Gasteiger partial charge in [-0.3, -0.25) is 4.79 Å². The summed E-state index contributed by atoms with van der Waals surface area (Å²) in [6.45, 7) is 7.87. The number of nitrogens with zero attached hydrogens (tertiary/aromatic N) is 1. The average molecular weight is 455 g/mol. The molecule has 0 saturated heterocycles. The molecule has 1 atom stereocenters. The zero-order valence-corrected chi connectivity index (χ0v) is 19.3. The molecule has 0 aliphatic carbocycles. The van der Waals surface area contributed by atoms with E-state index in [9.17, 15) is 14.7 Å². The maximum Gasteiger partial charge on any atom is 0.337 e. The third-order valence-corrected chi connectivity index (χ3v) is 5.72. The second kappa shape index (κ2) is 9.27. The first-order valence-corrected chi connectivity index (χ1v) is 10.9. The molecule has 0 aliphatic rings. The predicted octanol–water partition coefficient (Wildman–Crippen LogP) is 4.26. The molecule has 0 aliphatic heterocycles. The molecule has 0 amide bonds. The largest absolute Gasteiger partial charge is 0.478 e. The summed E-state index contributed by atoms with van der Waals surface area (Å²) in [5.74, 6) is -0.620. The van der Waals surface area contributed by atoms with Gasteiger partial charge in [-0.25, -0.2) is 4.79 Å². The van der Waals surface area contributed by atoms with Gasteiger partial charge in [-0.1, -0.05) is 49.0 Å². The second-order valence-electron chi connectivity index (χ2n) is 8.34. The number of nitrogens with one attached hydrogen (secondary N) is 1. The third-order valence-electron chi connectivity index (χ3n) is 5.72. The highest BCUT2D eigenvalue weighted by Gasteiger charge is 2.18. The minimum atomic E-state index is -1.01. The molecule has 4 aromatic rings. The van der Waals surface area contributed by atoms with Gasteiger partial charge in [-0.05, 0) is 48.0 Å². The molecule has 6 nitrogen and oxygen atoms in total. The van der Waals surface area contributed by atoms with E-state index < -0.39 is 5.97 Å². The number of carboxylic acids is 1. The Bertz CT molecular complexity index is 1560. The normalized spacial score (nSPS) is 12.5. The number of carbonyl (C=O) groups is 1. The molecule has 4 rings (SSSR count). The summed E-state index contributed by atoms with van der Waals surface area (Å²) < 4.78 is 6.26. The molecule has 3 aromatic carbocycles. The zero-order chi connectivity index (χ0) is 24.4. The predicted molar refractivity (Wildman–Crippen MR) is 137 cm³/mol. The Balaban J connectivity index is 1.82. The molecule has 6 heteroatoms. The first-order valence-electron chi connectivity index (χ1n) is 10.9. The summed E-state index contributed by atoms with van der Waals surface area (Å²) in [6, 6.07) is 19.3. The van der Waals surface area contributed by atoms with Crippen LogP contribution >= 0.6 is 0 Å². The lowest BCUT2D eigenvalue weighted by Gasteiger charge is -2.20. The van der Waals surface area contributed by atoms with Gasteiger partial charge in [0, 0.05) is 30.6 Å². The van der Waals surface area contributed by atoms with Crippen molar-refractivity contribution in [3.05, 3.63) is 104 Å². The van der Waals surface area contributed by atoms with Crippen LogP contribution in [0, 0.1) is 6.92 Å². The van der Waals surface area contributed by atoms with Gasteiger partial charge in [-0.2, -0.15) is 0 Å². The number of hydrogen-bond acceptors (Lipinski definition) is 5. The van der Waals surface area contributed by atoms with Gasteiger partial charge >= 0.3 is 5.97 Å². The van der Waals surface area contributed by atoms with Crippen LogP contribution in [-0.2, 0) is 0 Å². The summed E-state index contributed by atoms with van der Waals surface area (Å²) >= 11 is 0. The molecule has 0 fully saturated rings. The Morgan fingerprint density at radius 3 is 2.56 bits per heavy atom. The average Bonchev–Trinajstić information content (AvgIpc) is 2.80. The van der Waals surface area contributed by atoms with Gasteiger partial charge in [0.05, 0.1) is 17.0 Å². The quantitative estimate of drug-likeness (QED) is 0.453. The van der Waals surface area contributed by atoms with Crippen LogP contribution in [0.1, 0.15) is 34.5 Å². The number of hydrogen-bond donors (Lipinski definition) is 2. The second-order valence-corrected chi connectivity index (χ2v) is 8.34. The van der Waals surface area contributed by atoms with Crippen molar-refractivity contribution in [3.63, 3.8) is 0 Å². The first-order chi connectivity index (χ1) is 16.2. The Labute approximate surface area is 197 Å². The van der Waals surface area contributed by atoms with Crippen LogP contribution in [0.4, 0.5) is 11.6 Å². The number of carboxylic acid groups (broad SMARTS) is 1. The van der Waals surface area contributed by atoms with Crippen LogP contribution in [0.25, 0.3) is 23.7 Å². The lowest BCUT2D eigenvalue weighted by molar-refractivity contribution is 0.0698. The van der Waals surface area contributed by atoms with Crippen molar-refractivity contribution in [1.29, 1.82) is 0 Å². The molecule has 172 valence electrons. The van der Waals surface area contributed by atoms with Crippen molar-refractivity contribution in [1.82, 2.24) is 0 Å². The van der Waals surface area contributed by atoms with E-state index in [0.717, 1.165) is 21.6 Å². The van der Waals surface area contributed by atoms with Gasteiger partial charge in [0.15, 0.2) is 5.43 Å². The van der Waals surface area contributed by atoms with Crippen molar-refractivity contribution in [2.45, 2.75) is 19.9 Å². The van der Waals surface area contributed by atoms with Crippen LogP contribution < -0.4 is 26.1 Å². The van der Waals surface area contributed by atoms with Gasteiger partial charge in [-0.15, -0.1) is 0 Å². The van der Waals surface area contributed by atoms with E-state index in [1.165, 1.54) is 6.07 Å². The molecular formula is C28H26N2O4. The molecule has 1 unspecified atom stereocenters. The van der Waals surface area contributed by atoms with E-state index in [0.29, 0.717) is 22.5 Å². The lowest BCUT2D eigenvalue weighted by atomic mass is 10.0. The molecule has 0 spiro atoms. The van der Waals surface area contributed by atoms with Gasteiger partial charge < -0.3 is 19.7 Å². The molecular weight excluding hydrogens is 428 g/mol. The van der Waals surface area contributed by atoms with Crippen LogP contribution in [0.5, 0.6) is 0 Å². The highest BCUT2D eigenvalue weighted by atomic mass is 16.4. The number of rotatable bonds is 6. The fraction of sp³-hybridized carbons (Fsp3) is 0.143. The smallest absolute Gasteiger partial charge is 0.337 e. The molecule has 1 heterocycles. The highest BCUT2D eigenvalue weighted by molar-refractivity contribution is 5.94. The minimum Gasteiger partial charge on any atom is -0.478 e. The number of aromatic carboxylic acids is 1. The number of anilines is 2. The maximum absolute atomic E-state index is 13.0. The van der Waals surface area contributed by atoms with E-state index in [4.69, 9.17) is 4.42 Å². The summed E-state index contributed by atoms with van der Waals surface area (Å²) in [7, 11) is 1.81. The van der Waals surface area contributed by atoms with Crippen LogP contribution in [0.15, 0.2) is 75.9 Å². The number of fused-ring (bicyclic) bond motifs is 1. The number of benzene rings is 3. The van der Waals surface area contributed by atoms with E-state index in [1.54, 1.807) is 35.2 Å². The first kappa shape index (κ1) is 22.9. The van der Waals surface area contributed by atoms with Crippen LogP contribution in [-0.4, -0.2) is 18.1 Å². The fourth-order valence-corrected chi connectivity index (χ4v) is 3.96. The maximum atomic E-state index is 13.0. The summed E-state index contributed by atoms with van der Waals surface area (Å²) in [6.07, 6.45) is 1.87. The van der Waals surface area contributed by atoms with Crippen LogP contribution in [0.2, 0.25) is 0 Å². The van der Waals surface area contributed by atoms with E-state index in [-0.39, 0.29) is 17.0 Å². The van der Waals surface area contributed by atoms with E-state index >= 15 is 0 Å². The standard InChI is InChI=1S/C28H26N2O4/c1-17-13-22(19(3)29-24-12-8-7-11-21(24)28(32)33)27-23(14-17)25(31)15-26(34-27)30(4)16-20-10-6-5-9-18(20)2/h5-16,19,29H,2H2,1,3-4H3,(H,32,33)/b20-16-. The summed E-state index contributed by atoms with van der Waals surface area (Å²) in [5, 5.41) is 15.1. The summed E-state index contributed by atoms with van der Waals surface area (Å²) in [5.41, 5.74) is 2.66. The Kier molecular flexibility index (Phi) is 6.23. The van der Waals surface area contributed by atoms with Crippen molar-refractivity contribution < 1.29 is 14.3 Å². The van der Waals surface area contributed by atoms with E-state index in [2.05, 4.69) is 11.9 Å². The molecule has 2 N–H and O–H groups in total. The third kappa shape index (κ3) is 4.57. The Morgan fingerprint density at radius 2 is 1.82 bits per heavy atom. The Morgan fingerprint density at radius 1 is 1.12 bits per heavy atom. The van der Waals surface area contributed by atoms with Crippen LogP contribution in [0.3, 0.4) is 0 Å². The lowest BCUT2D eigenvalue weighted by Crippen LogP contribution is -2.26. The highest BCUT2D eigenvalue weighted by Crippen LogP contribution is 2.30. The number of aryl methyl sites for hydroxylation is 1. The zero-order valence-electron chi connectivity index (χ0n) is 19.3. The molecule has 0 radical (unpaired) electrons. The molecule has 34 heavy (non-hydrogen) atoms. The minimum absolute atomic E-state index is 0.150. The molecule has 1 aromatic heterocycles. The summed E-state index contributed by atoms with van der Waals surface area (Å²) in [4.78, 5) is 26.4. The SMILES string of the molecule is C=c1cccc/c1=C/N(C)c1cc(=O)c2cc(C)cc(C(C)Nc3ccccc3C(=O)O)c2o1. The Hall–Kier alpha value is -4.32. The molecule has 0 bridgehead atoms. The van der Waals surface area contributed by atoms with Gasteiger partial charge in [0.25, 0.3) is 0 Å². The molecule has 0 saturated carbocycles. The van der Waals surface area contributed by atoms with Crippen molar-refractivity contribution >= 4 is 41.3 Å². The van der Waals surface area contributed by atoms with Gasteiger partial charge in [0.1, 0.15) is 5.58 Å². The monoisotopic (exact) mass is 454 g/mol. The van der Waals surface area contributed by atoms with Crippen molar-refractivity contribution in [3.8, 4) is 0 Å². The van der Waals surface area contributed by atoms with E-state index in [1.807, 2.05) is 57.4 Å². The van der Waals surface area contributed by atoms with Gasteiger partial charge in [0.2, 0.25) is 5.88 Å². The fourth-order valence-electron chi connectivity index (χ4n) is 3.96. The van der Waals surface area contributed by atoms with Crippen molar-refractivity contribution in [2.24, 2.45) is 0 Å². The topological polar surface area (TPSA) is 82.8 Å². The number of para-hydroxylation sites is 1.